The molecule has 140 valence electrons. The molecule has 2 fully saturated rings. The molecule has 0 spiro atoms. The first-order valence-electron chi connectivity index (χ1n) is 9.39. The molecule has 4 rings (SSSR count). The lowest BCUT2D eigenvalue weighted by atomic mass is 9.99. The number of hydrogen-bond acceptors (Lipinski definition) is 6. The lowest BCUT2D eigenvalue weighted by Crippen LogP contribution is -2.56. The van der Waals surface area contributed by atoms with Gasteiger partial charge in [-0.2, -0.15) is 0 Å². The topological polar surface area (TPSA) is 58.1 Å². The van der Waals surface area contributed by atoms with E-state index in [4.69, 9.17) is 9.47 Å². The zero-order valence-electron chi connectivity index (χ0n) is 15.3. The summed E-state index contributed by atoms with van der Waals surface area (Å²) < 4.78 is 10.9. The number of likely N-dealkylation sites (tertiary alicyclic amines) is 1. The van der Waals surface area contributed by atoms with Crippen LogP contribution in [-0.4, -0.2) is 78.5 Å². The highest BCUT2D eigenvalue weighted by Crippen LogP contribution is 2.26. The highest BCUT2D eigenvalue weighted by Gasteiger charge is 2.33. The van der Waals surface area contributed by atoms with E-state index in [0.717, 1.165) is 62.3 Å². The fraction of sp³-hybridized carbons (Fsp3) is 0.550. The Hall–Kier alpha value is -1.73. The van der Waals surface area contributed by atoms with Crippen molar-refractivity contribution in [3.63, 3.8) is 0 Å². The van der Waals surface area contributed by atoms with Crippen LogP contribution in [0.2, 0.25) is 0 Å². The number of nitrogens with zero attached hydrogens (tertiary/aromatic N) is 3. The van der Waals surface area contributed by atoms with Gasteiger partial charge in [0.2, 0.25) is 5.88 Å². The van der Waals surface area contributed by atoms with Gasteiger partial charge in [-0.15, -0.1) is 0 Å². The number of ether oxygens (including phenoxy) is 2. The lowest BCUT2D eigenvalue weighted by molar-refractivity contribution is -0.0534. The second kappa shape index (κ2) is 7.88. The molecule has 1 aromatic carbocycles. The summed E-state index contributed by atoms with van der Waals surface area (Å²) in [5.41, 5.74) is 2.02. The summed E-state index contributed by atoms with van der Waals surface area (Å²) in [7, 11) is 1.67. The summed E-state index contributed by atoms with van der Waals surface area (Å²) in [6, 6.07) is 10.5. The van der Waals surface area contributed by atoms with Gasteiger partial charge in [0.15, 0.2) is 0 Å². The third-order valence-electron chi connectivity index (χ3n) is 5.50. The number of piperidine rings is 1. The summed E-state index contributed by atoms with van der Waals surface area (Å²) in [6.07, 6.45) is 0.645. The highest BCUT2D eigenvalue weighted by atomic mass is 16.5. The molecule has 2 atom stereocenters. The molecule has 2 aromatic rings. The quantitative estimate of drug-likeness (QED) is 0.895. The summed E-state index contributed by atoms with van der Waals surface area (Å²) >= 11 is 0. The van der Waals surface area contributed by atoms with Crippen LogP contribution in [0.5, 0.6) is 5.88 Å². The number of para-hydroxylation sites is 1. The normalized spacial score (nSPS) is 25.5. The minimum Gasteiger partial charge on any atom is -0.481 e. The van der Waals surface area contributed by atoms with Crippen molar-refractivity contribution in [2.75, 3.05) is 46.5 Å². The Kier molecular flexibility index (Phi) is 5.36. The van der Waals surface area contributed by atoms with Crippen LogP contribution in [0.3, 0.4) is 0 Å². The van der Waals surface area contributed by atoms with Crippen molar-refractivity contribution < 1.29 is 14.6 Å². The van der Waals surface area contributed by atoms with Crippen LogP contribution in [0, 0.1) is 0 Å². The summed E-state index contributed by atoms with van der Waals surface area (Å²) in [4.78, 5) is 9.31. The van der Waals surface area contributed by atoms with Crippen molar-refractivity contribution in [3.8, 4) is 5.88 Å². The zero-order chi connectivity index (χ0) is 17.9. The van der Waals surface area contributed by atoms with Crippen LogP contribution in [-0.2, 0) is 11.3 Å². The molecule has 2 saturated heterocycles. The first kappa shape index (κ1) is 17.7. The second-order valence-electron chi connectivity index (χ2n) is 7.16. The van der Waals surface area contributed by atoms with Crippen LogP contribution in [0.1, 0.15) is 12.0 Å². The van der Waals surface area contributed by atoms with E-state index in [1.165, 1.54) is 0 Å². The molecule has 2 aliphatic rings. The van der Waals surface area contributed by atoms with Crippen molar-refractivity contribution in [2.24, 2.45) is 0 Å². The van der Waals surface area contributed by atoms with Crippen LogP contribution >= 0.6 is 0 Å². The Morgan fingerprint density at radius 2 is 2.04 bits per heavy atom. The Bertz CT molecular complexity index is 748. The maximum atomic E-state index is 10.7. The number of aromatic nitrogens is 1. The molecule has 0 saturated carbocycles. The number of hydrogen-bond donors (Lipinski definition) is 1. The molecule has 6 heteroatoms. The molecular weight excluding hydrogens is 330 g/mol. The molecule has 1 aromatic heterocycles. The molecule has 26 heavy (non-hydrogen) atoms. The maximum absolute atomic E-state index is 10.7. The fourth-order valence-electron chi connectivity index (χ4n) is 4.14. The van der Waals surface area contributed by atoms with E-state index in [1.807, 2.05) is 18.2 Å². The van der Waals surface area contributed by atoms with Gasteiger partial charge in [-0.3, -0.25) is 9.80 Å². The Balaban J connectivity index is 1.45. The number of β-amino-alcohol motifs (C(OH)–C–C–N with tert-alkyl or cyclic N) is 1. The van der Waals surface area contributed by atoms with Crippen LogP contribution in [0.15, 0.2) is 30.3 Å². The van der Waals surface area contributed by atoms with E-state index in [9.17, 15) is 5.11 Å². The minimum absolute atomic E-state index is 0.242. The average Bonchev–Trinajstić information content (AvgIpc) is 2.68. The monoisotopic (exact) mass is 357 g/mol. The van der Waals surface area contributed by atoms with E-state index in [0.29, 0.717) is 12.4 Å². The van der Waals surface area contributed by atoms with Crippen LogP contribution < -0.4 is 4.74 Å². The van der Waals surface area contributed by atoms with Gasteiger partial charge in [-0.05, 0) is 18.6 Å². The molecule has 3 heterocycles. The Labute approximate surface area is 154 Å². The summed E-state index contributed by atoms with van der Waals surface area (Å²) in [6.45, 7) is 5.77. The van der Waals surface area contributed by atoms with E-state index in [1.54, 1.807) is 7.11 Å². The predicted octanol–water partition coefficient (Wildman–Crippen LogP) is 1.51. The van der Waals surface area contributed by atoms with Crippen molar-refractivity contribution in [2.45, 2.75) is 25.1 Å². The number of benzene rings is 1. The van der Waals surface area contributed by atoms with E-state index >= 15 is 0 Å². The maximum Gasteiger partial charge on any atom is 0.218 e. The number of aliphatic hydroxyl groups excluding tert-OH is 1. The first-order chi connectivity index (χ1) is 12.7. The number of rotatable bonds is 4. The standard InChI is InChI=1S/C20H27N3O3/c1-25-20-16(12-15-4-2-3-5-17(15)21-20)13-22-7-6-18(19(24)14-22)23-8-10-26-11-9-23/h2-5,12,18-19,24H,6-11,13-14H2,1H3/t18-,19-/m1/s1. The van der Waals surface area contributed by atoms with Crippen LogP contribution in [0.4, 0.5) is 0 Å². The fourth-order valence-corrected chi connectivity index (χ4v) is 4.14. The number of fused-ring (bicyclic) bond motifs is 1. The largest absolute Gasteiger partial charge is 0.481 e. The van der Waals surface area contributed by atoms with Crippen molar-refractivity contribution >= 4 is 10.9 Å². The Morgan fingerprint density at radius 1 is 1.23 bits per heavy atom. The number of methoxy groups -OCH3 is 1. The molecule has 1 N–H and O–H groups in total. The van der Waals surface area contributed by atoms with Gasteiger partial charge in [0.1, 0.15) is 0 Å². The molecule has 0 bridgehead atoms. The molecule has 0 unspecified atom stereocenters. The average molecular weight is 357 g/mol. The first-order valence-corrected chi connectivity index (χ1v) is 9.39. The third-order valence-corrected chi connectivity index (χ3v) is 5.50. The van der Waals surface area contributed by atoms with Gasteiger partial charge in [0.05, 0.1) is 31.9 Å². The Morgan fingerprint density at radius 3 is 2.81 bits per heavy atom. The molecule has 0 aliphatic carbocycles. The SMILES string of the molecule is COc1nc2ccccc2cc1CN1CC[C@@H](N2CCOCC2)[C@H](O)C1. The second-order valence-corrected chi connectivity index (χ2v) is 7.16. The molecule has 2 aliphatic heterocycles. The third kappa shape index (κ3) is 3.69. The molecular formula is C20H27N3O3. The molecule has 6 nitrogen and oxygen atoms in total. The van der Waals surface area contributed by atoms with Gasteiger partial charge < -0.3 is 14.6 Å². The zero-order valence-corrected chi connectivity index (χ0v) is 15.3. The lowest BCUT2D eigenvalue weighted by Gasteiger charge is -2.43. The van der Waals surface area contributed by atoms with Gasteiger partial charge in [0, 0.05) is 49.7 Å². The number of morpholine rings is 1. The van der Waals surface area contributed by atoms with Gasteiger partial charge in [-0.25, -0.2) is 4.98 Å². The van der Waals surface area contributed by atoms with Crippen molar-refractivity contribution in [3.05, 3.63) is 35.9 Å². The van der Waals surface area contributed by atoms with E-state index in [-0.39, 0.29) is 12.1 Å². The smallest absolute Gasteiger partial charge is 0.218 e. The van der Waals surface area contributed by atoms with Crippen molar-refractivity contribution in [1.82, 2.24) is 14.8 Å². The highest BCUT2D eigenvalue weighted by molar-refractivity contribution is 5.80. The van der Waals surface area contributed by atoms with Gasteiger partial charge in [-0.1, -0.05) is 18.2 Å². The van der Waals surface area contributed by atoms with E-state index < -0.39 is 0 Å². The number of aliphatic hydroxyl groups is 1. The molecule has 0 amide bonds. The number of pyridine rings is 1. The van der Waals surface area contributed by atoms with E-state index in [2.05, 4.69) is 26.9 Å². The van der Waals surface area contributed by atoms with Crippen LogP contribution in [0.25, 0.3) is 10.9 Å². The summed E-state index contributed by atoms with van der Waals surface area (Å²) in [5, 5.41) is 11.8. The summed E-state index contributed by atoms with van der Waals surface area (Å²) in [5.74, 6) is 0.675. The minimum atomic E-state index is -0.332. The predicted molar refractivity (Wildman–Crippen MR) is 100 cm³/mol. The van der Waals surface area contributed by atoms with Crippen molar-refractivity contribution in [1.29, 1.82) is 0 Å². The van der Waals surface area contributed by atoms with Gasteiger partial charge >= 0.3 is 0 Å². The van der Waals surface area contributed by atoms with Gasteiger partial charge in [0.25, 0.3) is 0 Å². The molecule has 0 radical (unpaired) electrons.